The molecular formula is C22H19N3O5S. The van der Waals surface area contributed by atoms with Crippen molar-refractivity contribution < 1.29 is 18.8 Å². The number of nitrogens with zero attached hydrogens (tertiary/aromatic N) is 1. The van der Waals surface area contributed by atoms with Crippen LogP contribution in [0.15, 0.2) is 44.9 Å². The first-order valence-corrected chi connectivity index (χ1v) is 10.8. The van der Waals surface area contributed by atoms with E-state index in [0.717, 1.165) is 23.3 Å². The van der Waals surface area contributed by atoms with Crippen LogP contribution in [0.5, 0.6) is 0 Å². The van der Waals surface area contributed by atoms with E-state index in [-0.39, 0.29) is 23.9 Å². The molecule has 0 saturated carbocycles. The van der Waals surface area contributed by atoms with Crippen molar-refractivity contribution in [3.8, 4) is 0 Å². The molecular weight excluding hydrogens is 418 g/mol. The van der Waals surface area contributed by atoms with Crippen molar-refractivity contribution in [2.75, 3.05) is 5.32 Å². The van der Waals surface area contributed by atoms with Crippen molar-refractivity contribution in [2.45, 2.75) is 38.3 Å². The lowest BCUT2D eigenvalue weighted by molar-refractivity contribution is -0.132. The highest BCUT2D eigenvalue weighted by Crippen LogP contribution is 2.42. The number of carbonyl (C=O) groups excluding carboxylic acids is 3. The van der Waals surface area contributed by atoms with Gasteiger partial charge in [0.2, 0.25) is 5.91 Å². The van der Waals surface area contributed by atoms with Crippen LogP contribution in [0.4, 0.5) is 10.5 Å². The normalized spacial score (nSPS) is 20.2. The molecule has 1 aromatic carbocycles. The minimum Gasteiger partial charge on any atom is -0.423 e. The lowest BCUT2D eigenvalue weighted by atomic mass is 9.80. The SMILES string of the molecule is CC(=O)Nc1ccc2c(CN3C(=O)N[C@@]4(CCCc5sccc54)C3=O)cc(=O)oc2c1. The number of thiophene rings is 1. The van der Waals surface area contributed by atoms with Crippen molar-refractivity contribution in [3.63, 3.8) is 0 Å². The maximum absolute atomic E-state index is 13.5. The van der Waals surface area contributed by atoms with E-state index in [9.17, 15) is 19.2 Å². The number of amides is 4. The summed E-state index contributed by atoms with van der Waals surface area (Å²) in [5.41, 5.74) is 0.514. The Labute approximate surface area is 180 Å². The Balaban J connectivity index is 1.52. The summed E-state index contributed by atoms with van der Waals surface area (Å²) in [7, 11) is 0. The summed E-state index contributed by atoms with van der Waals surface area (Å²) in [5, 5.41) is 8.10. The smallest absolute Gasteiger partial charge is 0.336 e. The van der Waals surface area contributed by atoms with E-state index in [1.165, 1.54) is 17.9 Å². The lowest BCUT2D eigenvalue weighted by Gasteiger charge is -2.31. The van der Waals surface area contributed by atoms with Crippen LogP contribution in [-0.4, -0.2) is 22.7 Å². The van der Waals surface area contributed by atoms with Crippen LogP contribution >= 0.6 is 11.3 Å². The largest absolute Gasteiger partial charge is 0.423 e. The minimum atomic E-state index is -1.03. The fourth-order valence-corrected chi connectivity index (χ4v) is 5.50. The monoisotopic (exact) mass is 437 g/mol. The summed E-state index contributed by atoms with van der Waals surface area (Å²) >= 11 is 1.60. The minimum absolute atomic E-state index is 0.0481. The molecule has 1 aliphatic heterocycles. The molecule has 31 heavy (non-hydrogen) atoms. The van der Waals surface area contributed by atoms with Crippen molar-refractivity contribution >= 4 is 45.8 Å². The van der Waals surface area contributed by atoms with E-state index in [2.05, 4.69) is 10.6 Å². The molecule has 4 amide bonds. The highest BCUT2D eigenvalue weighted by molar-refractivity contribution is 7.10. The van der Waals surface area contributed by atoms with Crippen LogP contribution in [0.3, 0.4) is 0 Å². The van der Waals surface area contributed by atoms with Gasteiger partial charge in [-0.25, -0.2) is 9.59 Å². The molecule has 3 heterocycles. The molecule has 0 radical (unpaired) electrons. The van der Waals surface area contributed by atoms with Crippen LogP contribution in [0, 0.1) is 0 Å². The lowest BCUT2D eigenvalue weighted by Crippen LogP contribution is -2.46. The molecule has 2 aromatic heterocycles. The summed E-state index contributed by atoms with van der Waals surface area (Å²) in [6.07, 6.45) is 2.27. The molecule has 9 heteroatoms. The molecule has 3 aromatic rings. The molecule has 1 fully saturated rings. The maximum atomic E-state index is 13.5. The van der Waals surface area contributed by atoms with E-state index in [0.29, 0.717) is 23.1 Å². The molecule has 0 unspecified atom stereocenters. The number of hydrogen-bond acceptors (Lipinski definition) is 6. The number of nitrogens with one attached hydrogen (secondary N) is 2. The van der Waals surface area contributed by atoms with Crippen LogP contribution in [-0.2, 0) is 28.1 Å². The Morgan fingerprint density at radius 1 is 1.26 bits per heavy atom. The fraction of sp³-hybridized carbons (Fsp3) is 0.273. The van der Waals surface area contributed by atoms with Gasteiger partial charge in [0.15, 0.2) is 0 Å². The molecule has 1 atom stereocenters. The van der Waals surface area contributed by atoms with Gasteiger partial charge in [-0.15, -0.1) is 11.3 Å². The Morgan fingerprint density at radius 3 is 2.90 bits per heavy atom. The molecule has 2 aliphatic rings. The van der Waals surface area contributed by atoms with E-state index in [4.69, 9.17) is 4.42 Å². The number of hydrogen-bond donors (Lipinski definition) is 2. The highest BCUT2D eigenvalue weighted by Gasteiger charge is 2.54. The van der Waals surface area contributed by atoms with Gasteiger partial charge in [-0.05, 0) is 48.4 Å². The number of urea groups is 1. The average molecular weight is 437 g/mol. The van der Waals surface area contributed by atoms with Crippen LogP contribution in [0.25, 0.3) is 11.0 Å². The van der Waals surface area contributed by atoms with Gasteiger partial charge < -0.3 is 15.1 Å². The van der Waals surface area contributed by atoms with Gasteiger partial charge in [-0.3, -0.25) is 14.5 Å². The van der Waals surface area contributed by atoms with Crippen LogP contribution in [0.2, 0.25) is 0 Å². The zero-order valence-corrected chi connectivity index (χ0v) is 17.5. The highest BCUT2D eigenvalue weighted by atomic mass is 32.1. The molecule has 1 aliphatic carbocycles. The van der Waals surface area contributed by atoms with Gasteiger partial charge in [0, 0.05) is 40.6 Å². The number of rotatable bonds is 3. The van der Waals surface area contributed by atoms with Crippen molar-refractivity contribution in [2.24, 2.45) is 0 Å². The van der Waals surface area contributed by atoms with E-state index < -0.39 is 17.2 Å². The second kappa shape index (κ2) is 7.05. The molecule has 1 saturated heterocycles. The average Bonchev–Trinajstić information content (AvgIpc) is 3.28. The quantitative estimate of drug-likeness (QED) is 0.483. The van der Waals surface area contributed by atoms with E-state index in [1.54, 1.807) is 29.5 Å². The summed E-state index contributed by atoms with van der Waals surface area (Å²) in [6.45, 7) is 1.34. The molecule has 2 N–H and O–H groups in total. The molecule has 158 valence electrons. The predicted molar refractivity (Wildman–Crippen MR) is 115 cm³/mol. The first-order chi connectivity index (χ1) is 14.9. The maximum Gasteiger partial charge on any atom is 0.336 e. The van der Waals surface area contributed by atoms with Crippen molar-refractivity contribution in [1.29, 1.82) is 0 Å². The first kappa shape index (κ1) is 19.5. The van der Waals surface area contributed by atoms with Gasteiger partial charge in [0.25, 0.3) is 5.91 Å². The van der Waals surface area contributed by atoms with Gasteiger partial charge in [0.1, 0.15) is 11.1 Å². The summed E-state index contributed by atoms with van der Waals surface area (Å²) < 4.78 is 5.28. The third-order valence-corrected chi connectivity index (χ3v) is 6.80. The second-order valence-corrected chi connectivity index (χ2v) is 8.82. The Kier molecular flexibility index (Phi) is 4.44. The predicted octanol–water partition coefficient (Wildman–Crippen LogP) is 3.10. The molecule has 0 bridgehead atoms. The van der Waals surface area contributed by atoms with E-state index in [1.807, 2.05) is 11.4 Å². The Bertz CT molecular complexity index is 1310. The zero-order valence-electron chi connectivity index (χ0n) is 16.7. The van der Waals surface area contributed by atoms with Gasteiger partial charge >= 0.3 is 11.7 Å². The van der Waals surface area contributed by atoms with Gasteiger partial charge in [-0.1, -0.05) is 0 Å². The van der Waals surface area contributed by atoms with Crippen molar-refractivity contribution in [3.05, 3.63) is 62.1 Å². The third-order valence-electron chi connectivity index (χ3n) is 5.82. The number of fused-ring (bicyclic) bond motifs is 3. The standard InChI is InChI=1S/C22H19N3O5S/c1-12(26)23-14-4-5-15-13(9-19(27)30-17(15)10-14)11-25-20(28)22(24-21(25)29)7-2-3-18-16(22)6-8-31-18/h4-6,8-10H,2-3,7,11H2,1H3,(H,23,26)(H,24,29)/t22-/m1/s1. The summed E-state index contributed by atoms with van der Waals surface area (Å²) in [6, 6.07) is 7.66. The second-order valence-electron chi connectivity index (χ2n) is 7.82. The molecule has 8 nitrogen and oxygen atoms in total. The summed E-state index contributed by atoms with van der Waals surface area (Å²) in [5.74, 6) is -0.545. The van der Waals surface area contributed by atoms with Crippen LogP contribution in [0.1, 0.15) is 35.8 Å². The molecule has 5 rings (SSSR count). The number of benzene rings is 1. The Morgan fingerprint density at radius 2 is 2.10 bits per heavy atom. The Hall–Kier alpha value is -3.46. The van der Waals surface area contributed by atoms with E-state index >= 15 is 0 Å². The zero-order chi connectivity index (χ0) is 21.8. The molecule has 1 spiro atoms. The number of aryl methyl sites for hydroxylation is 1. The first-order valence-electron chi connectivity index (χ1n) is 9.93. The summed E-state index contributed by atoms with van der Waals surface area (Å²) in [4.78, 5) is 52.0. The number of imide groups is 1. The topological polar surface area (TPSA) is 109 Å². The van der Waals surface area contributed by atoms with Crippen LogP contribution < -0.4 is 16.3 Å². The fourth-order valence-electron chi connectivity index (χ4n) is 4.50. The van der Waals surface area contributed by atoms with Gasteiger partial charge in [-0.2, -0.15) is 0 Å². The number of anilines is 1. The van der Waals surface area contributed by atoms with Crippen molar-refractivity contribution in [1.82, 2.24) is 10.2 Å². The van der Waals surface area contributed by atoms with Gasteiger partial charge in [0.05, 0.1) is 6.54 Å². The third kappa shape index (κ3) is 3.12. The number of carbonyl (C=O) groups is 3.